The zero-order valence-corrected chi connectivity index (χ0v) is 16.4. The van der Waals surface area contributed by atoms with Crippen LogP contribution in [0.15, 0.2) is 60.1 Å². The second kappa shape index (κ2) is 6.82. The smallest absolute Gasteiger partial charge is 0.271 e. The van der Waals surface area contributed by atoms with Crippen LogP contribution in [0.25, 0.3) is 0 Å². The molecule has 1 fully saturated rings. The number of hydrogen-bond donors (Lipinski definition) is 0. The molecule has 3 aromatic rings. The Bertz CT molecular complexity index is 967. The summed E-state index contributed by atoms with van der Waals surface area (Å²) in [6.45, 7) is 3.36. The van der Waals surface area contributed by atoms with Crippen molar-refractivity contribution in [3.05, 3.63) is 81.3 Å². The third-order valence-corrected chi connectivity index (χ3v) is 6.65. The van der Waals surface area contributed by atoms with Crippen LogP contribution in [0.4, 0.5) is 0 Å². The monoisotopic (exact) mass is 397 g/mol. The predicted molar refractivity (Wildman–Crippen MR) is 108 cm³/mol. The maximum atomic E-state index is 13.1. The summed E-state index contributed by atoms with van der Waals surface area (Å²) >= 11 is 7.86. The molecule has 0 aliphatic carbocycles. The molecule has 27 heavy (non-hydrogen) atoms. The van der Waals surface area contributed by atoms with Gasteiger partial charge in [-0.2, -0.15) is 0 Å². The van der Waals surface area contributed by atoms with Crippen LogP contribution < -0.4 is 0 Å². The molecular weight excluding hydrogens is 378 g/mol. The molecule has 5 rings (SSSR count). The van der Waals surface area contributed by atoms with Crippen molar-refractivity contribution in [1.82, 2.24) is 14.4 Å². The Hall–Kier alpha value is -2.08. The van der Waals surface area contributed by atoms with Gasteiger partial charge in [-0.25, -0.2) is 0 Å². The van der Waals surface area contributed by atoms with E-state index in [9.17, 15) is 4.79 Å². The molecule has 4 nitrogen and oxygen atoms in total. The number of nitrogens with zero attached hydrogens (tertiary/aromatic N) is 3. The molecule has 2 unspecified atom stereocenters. The van der Waals surface area contributed by atoms with E-state index in [1.54, 1.807) is 11.3 Å². The summed E-state index contributed by atoms with van der Waals surface area (Å²) in [6, 6.07) is 16.6. The number of rotatable bonds is 4. The standard InChI is InChI=1S/C21H20ClN3OS/c22-16-5-1-4-15(10-16)11-23-13-19-20(14-23)25(12-17-6-3-9-27-17)21(26)18-7-2-8-24(18)19/h1-10,19-20H,11-14H2. The number of halogens is 1. The Morgan fingerprint density at radius 2 is 1.93 bits per heavy atom. The van der Waals surface area contributed by atoms with Crippen molar-refractivity contribution in [2.75, 3.05) is 13.1 Å². The van der Waals surface area contributed by atoms with Crippen LogP contribution in [0, 0.1) is 0 Å². The van der Waals surface area contributed by atoms with Gasteiger partial charge in [-0.05, 0) is 41.3 Å². The van der Waals surface area contributed by atoms with Gasteiger partial charge in [0.2, 0.25) is 0 Å². The molecule has 1 amide bonds. The van der Waals surface area contributed by atoms with Crippen molar-refractivity contribution in [2.45, 2.75) is 25.2 Å². The lowest BCUT2D eigenvalue weighted by Gasteiger charge is -2.38. The van der Waals surface area contributed by atoms with Crippen molar-refractivity contribution < 1.29 is 4.79 Å². The van der Waals surface area contributed by atoms with Crippen molar-refractivity contribution in [3.8, 4) is 0 Å². The Morgan fingerprint density at radius 3 is 2.74 bits per heavy atom. The first kappa shape index (κ1) is 17.0. The fourth-order valence-electron chi connectivity index (χ4n) is 4.37. The number of hydrogen-bond acceptors (Lipinski definition) is 3. The molecule has 0 bridgehead atoms. The van der Waals surface area contributed by atoms with Gasteiger partial charge in [-0.15, -0.1) is 11.3 Å². The minimum Gasteiger partial charge on any atom is -0.337 e. The van der Waals surface area contributed by atoms with Gasteiger partial charge in [-0.3, -0.25) is 9.69 Å². The molecule has 2 aliphatic heterocycles. The number of amides is 1. The third-order valence-electron chi connectivity index (χ3n) is 5.55. The normalized spacial score (nSPS) is 22.1. The SMILES string of the molecule is O=C1c2cccn2C2CN(Cc3cccc(Cl)c3)CC2N1Cc1cccs1. The number of thiophene rings is 1. The lowest BCUT2D eigenvalue weighted by atomic mass is 10.1. The average molecular weight is 398 g/mol. The molecule has 2 aliphatic rings. The minimum atomic E-state index is 0.138. The molecular formula is C21H20ClN3OS. The fourth-order valence-corrected chi connectivity index (χ4v) is 5.29. The van der Waals surface area contributed by atoms with E-state index in [1.165, 1.54) is 10.4 Å². The van der Waals surface area contributed by atoms with Crippen LogP contribution in [-0.2, 0) is 13.1 Å². The molecule has 1 aromatic carbocycles. The van der Waals surface area contributed by atoms with Crippen molar-refractivity contribution in [1.29, 1.82) is 0 Å². The first-order valence-electron chi connectivity index (χ1n) is 9.16. The predicted octanol–water partition coefficient (Wildman–Crippen LogP) is 4.28. The first-order chi connectivity index (χ1) is 13.2. The van der Waals surface area contributed by atoms with Crippen molar-refractivity contribution in [2.24, 2.45) is 0 Å². The average Bonchev–Trinajstić information content (AvgIpc) is 3.38. The van der Waals surface area contributed by atoms with E-state index in [1.807, 2.05) is 30.3 Å². The van der Waals surface area contributed by atoms with Gasteiger partial charge in [0.15, 0.2) is 0 Å². The summed E-state index contributed by atoms with van der Waals surface area (Å²) in [5.41, 5.74) is 2.02. The number of benzene rings is 1. The van der Waals surface area contributed by atoms with Crippen LogP contribution in [0.2, 0.25) is 5.02 Å². The highest BCUT2D eigenvalue weighted by Crippen LogP contribution is 2.35. The van der Waals surface area contributed by atoms with Crippen LogP contribution >= 0.6 is 22.9 Å². The largest absolute Gasteiger partial charge is 0.337 e. The van der Waals surface area contributed by atoms with Gasteiger partial charge in [0.1, 0.15) is 5.69 Å². The van der Waals surface area contributed by atoms with E-state index >= 15 is 0 Å². The van der Waals surface area contributed by atoms with E-state index in [0.29, 0.717) is 12.6 Å². The Labute approximate surface area is 167 Å². The maximum Gasteiger partial charge on any atom is 0.271 e. The number of aromatic nitrogens is 1. The fraction of sp³-hybridized carbons (Fsp3) is 0.286. The number of carbonyl (C=O) groups excluding carboxylic acids is 1. The van der Waals surface area contributed by atoms with Gasteiger partial charge in [0.05, 0.1) is 18.6 Å². The van der Waals surface area contributed by atoms with Gasteiger partial charge in [-0.1, -0.05) is 29.8 Å². The van der Waals surface area contributed by atoms with Crippen LogP contribution in [-0.4, -0.2) is 39.4 Å². The molecule has 2 atom stereocenters. The second-order valence-electron chi connectivity index (χ2n) is 7.27. The van der Waals surface area contributed by atoms with Gasteiger partial charge >= 0.3 is 0 Å². The molecule has 0 radical (unpaired) electrons. The Morgan fingerprint density at radius 1 is 1.04 bits per heavy atom. The highest BCUT2D eigenvalue weighted by atomic mass is 35.5. The zero-order valence-electron chi connectivity index (χ0n) is 14.8. The minimum absolute atomic E-state index is 0.138. The highest BCUT2D eigenvalue weighted by molar-refractivity contribution is 7.09. The lowest BCUT2D eigenvalue weighted by molar-refractivity contribution is 0.0559. The van der Waals surface area contributed by atoms with Crippen LogP contribution in [0.5, 0.6) is 0 Å². The molecule has 6 heteroatoms. The van der Waals surface area contributed by atoms with Gasteiger partial charge in [0, 0.05) is 35.7 Å². The summed E-state index contributed by atoms with van der Waals surface area (Å²) in [6.07, 6.45) is 2.05. The second-order valence-corrected chi connectivity index (χ2v) is 8.74. The van der Waals surface area contributed by atoms with Gasteiger partial charge < -0.3 is 9.47 Å². The summed E-state index contributed by atoms with van der Waals surface area (Å²) in [5, 5.41) is 2.84. The summed E-state index contributed by atoms with van der Waals surface area (Å²) in [4.78, 5) is 18.9. The van der Waals surface area contributed by atoms with Crippen LogP contribution in [0.1, 0.15) is 27.0 Å². The van der Waals surface area contributed by atoms with E-state index in [2.05, 4.69) is 44.1 Å². The number of fused-ring (bicyclic) bond motifs is 3. The molecule has 1 saturated heterocycles. The molecule has 0 saturated carbocycles. The Balaban J connectivity index is 1.43. The zero-order chi connectivity index (χ0) is 18.4. The molecule has 138 valence electrons. The molecule has 4 heterocycles. The van der Waals surface area contributed by atoms with Crippen molar-refractivity contribution >= 4 is 28.8 Å². The summed E-state index contributed by atoms with van der Waals surface area (Å²) < 4.78 is 2.18. The van der Waals surface area contributed by atoms with E-state index in [4.69, 9.17) is 11.6 Å². The van der Waals surface area contributed by atoms with E-state index < -0.39 is 0 Å². The van der Waals surface area contributed by atoms with Crippen molar-refractivity contribution in [3.63, 3.8) is 0 Å². The first-order valence-corrected chi connectivity index (χ1v) is 10.4. The number of carbonyl (C=O) groups is 1. The highest BCUT2D eigenvalue weighted by Gasteiger charge is 2.44. The number of likely N-dealkylation sites (tertiary alicyclic amines) is 1. The van der Waals surface area contributed by atoms with E-state index in [-0.39, 0.29) is 11.9 Å². The third kappa shape index (κ3) is 3.10. The quantitative estimate of drug-likeness (QED) is 0.657. The molecule has 0 N–H and O–H groups in total. The van der Waals surface area contributed by atoms with E-state index in [0.717, 1.165) is 30.4 Å². The molecule has 2 aromatic heterocycles. The summed E-state index contributed by atoms with van der Waals surface area (Å²) in [5.74, 6) is 0.138. The summed E-state index contributed by atoms with van der Waals surface area (Å²) in [7, 11) is 0. The van der Waals surface area contributed by atoms with Gasteiger partial charge in [0.25, 0.3) is 5.91 Å². The topological polar surface area (TPSA) is 28.5 Å². The van der Waals surface area contributed by atoms with Crippen LogP contribution in [0.3, 0.4) is 0 Å². The Kier molecular flexibility index (Phi) is 4.31. The lowest BCUT2D eigenvalue weighted by Crippen LogP contribution is -2.49. The maximum absolute atomic E-state index is 13.1. The molecule has 0 spiro atoms.